The number of hydrogen-bond acceptors (Lipinski definition) is 4. The van der Waals surface area contributed by atoms with Gasteiger partial charge in [-0.15, -0.1) is 0 Å². The van der Waals surface area contributed by atoms with E-state index in [9.17, 15) is 0 Å². The predicted molar refractivity (Wildman–Crippen MR) is 73.0 cm³/mol. The number of anilines is 1. The summed E-state index contributed by atoms with van der Waals surface area (Å²) in [5, 5.41) is 1.10. The molecule has 0 aliphatic carbocycles. The fourth-order valence-corrected chi connectivity index (χ4v) is 2.53. The minimum atomic E-state index is 0.634. The number of nitrogens with zero attached hydrogens (tertiary/aromatic N) is 2. The van der Waals surface area contributed by atoms with Crippen LogP contribution in [0.4, 0.5) is 5.13 Å². The first kappa shape index (κ1) is 13.2. The fourth-order valence-electron chi connectivity index (χ4n) is 1.49. The normalized spacial score (nSPS) is 11.9. The Morgan fingerprint density at radius 3 is 2.62 bits per heavy atom. The molecule has 1 aromatic rings. The maximum atomic E-state index is 5.66. The molecule has 16 heavy (non-hydrogen) atoms. The Hall–Kier alpha value is -0.870. The molecule has 0 unspecified atom stereocenters. The van der Waals surface area contributed by atoms with E-state index < -0.39 is 0 Å². The minimum absolute atomic E-state index is 0.634. The van der Waals surface area contributed by atoms with Gasteiger partial charge in [-0.2, -0.15) is 0 Å². The first-order valence-corrected chi connectivity index (χ1v) is 6.67. The average Bonchev–Trinajstić information content (AvgIpc) is 2.76. The van der Waals surface area contributed by atoms with Crippen molar-refractivity contribution in [3.8, 4) is 0 Å². The molecule has 2 N–H and O–H groups in total. The largest absolute Gasteiger partial charge is 0.349 e. The first-order valence-electron chi connectivity index (χ1n) is 5.85. The van der Waals surface area contributed by atoms with Crippen LogP contribution in [0.15, 0.2) is 11.8 Å². The van der Waals surface area contributed by atoms with Gasteiger partial charge in [0, 0.05) is 30.7 Å². The zero-order valence-corrected chi connectivity index (χ0v) is 11.2. The third kappa shape index (κ3) is 3.32. The lowest BCUT2D eigenvalue weighted by Crippen LogP contribution is -2.21. The van der Waals surface area contributed by atoms with Gasteiger partial charge in [-0.25, -0.2) is 4.98 Å². The van der Waals surface area contributed by atoms with Crippen molar-refractivity contribution in [2.24, 2.45) is 5.73 Å². The van der Waals surface area contributed by atoms with E-state index in [0.29, 0.717) is 6.54 Å². The van der Waals surface area contributed by atoms with E-state index >= 15 is 0 Å². The molecule has 0 spiro atoms. The number of rotatable bonds is 6. The summed E-state index contributed by atoms with van der Waals surface area (Å²) in [5.41, 5.74) is 6.93. The monoisotopic (exact) mass is 239 g/mol. The lowest BCUT2D eigenvalue weighted by atomic mass is 10.2. The van der Waals surface area contributed by atoms with E-state index in [1.165, 1.54) is 10.5 Å². The van der Waals surface area contributed by atoms with Gasteiger partial charge >= 0.3 is 0 Å². The molecule has 4 heteroatoms. The highest BCUT2D eigenvalue weighted by Crippen LogP contribution is 2.24. The van der Waals surface area contributed by atoms with Crippen molar-refractivity contribution in [1.29, 1.82) is 0 Å². The topological polar surface area (TPSA) is 42.2 Å². The van der Waals surface area contributed by atoms with Crippen LogP contribution in [0.2, 0.25) is 0 Å². The molecule has 1 aromatic heterocycles. The van der Waals surface area contributed by atoms with E-state index in [0.717, 1.165) is 24.6 Å². The predicted octanol–water partition coefficient (Wildman–Crippen LogP) is 2.74. The van der Waals surface area contributed by atoms with Crippen LogP contribution in [0.5, 0.6) is 0 Å². The van der Waals surface area contributed by atoms with Crippen molar-refractivity contribution >= 4 is 22.5 Å². The van der Waals surface area contributed by atoms with E-state index in [4.69, 9.17) is 5.73 Å². The average molecular weight is 239 g/mol. The van der Waals surface area contributed by atoms with Crippen molar-refractivity contribution in [3.05, 3.63) is 16.6 Å². The smallest absolute Gasteiger partial charge is 0.185 e. The summed E-state index contributed by atoms with van der Waals surface area (Å²) in [6.45, 7) is 9.07. The van der Waals surface area contributed by atoms with Crippen molar-refractivity contribution < 1.29 is 0 Å². The molecule has 0 bridgehead atoms. The Labute approximate surface area is 102 Å². The second-order valence-electron chi connectivity index (χ2n) is 3.58. The molecule has 0 aliphatic rings. The summed E-state index contributed by atoms with van der Waals surface area (Å²) >= 11 is 1.73. The summed E-state index contributed by atoms with van der Waals surface area (Å²) < 4.78 is 0. The maximum absolute atomic E-state index is 5.66. The molecule has 0 amide bonds. The number of aromatic nitrogens is 1. The van der Waals surface area contributed by atoms with Crippen LogP contribution in [0.1, 0.15) is 32.1 Å². The SMILES string of the molecule is CCC(=Cc1cnc(N(CC)CC)s1)CN. The lowest BCUT2D eigenvalue weighted by molar-refractivity contribution is 0.860. The molecule has 0 atom stereocenters. The third-order valence-electron chi connectivity index (χ3n) is 2.61. The molecule has 0 radical (unpaired) electrons. The van der Waals surface area contributed by atoms with Gasteiger partial charge in [0.2, 0.25) is 0 Å². The van der Waals surface area contributed by atoms with Crippen molar-refractivity contribution in [1.82, 2.24) is 4.98 Å². The van der Waals surface area contributed by atoms with Crippen LogP contribution in [-0.2, 0) is 0 Å². The van der Waals surface area contributed by atoms with Crippen LogP contribution < -0.4 is 10.6 Å². The van der Waals surface area contributed by atoms with Gasteiger partial charge in [0.05, 0.1) is 0 Å². The summed E-state index contributed by atoms with van der Waals surface area (Å²) in [6, 6.07) is 0. The van der Waals surface area contributed by atoms with Crippen LogP contribution in [0, 0.1) is 0 Å². The van der Waals surface area contributed by atoms with Gasteiger partial charge in [0.1, 0.15) is 0 Å². The van der Waals surface area contributed by atoms with E-state index in [2.05, 4.69) is 36.7 Å². The molecule has 1 rings (SSSR count). The third-order valence-corrected chi connectivity index (χ3v) is 3.61. The van der Waals surface area contributed by atoms with Gasteiger partial charge < -0.3 is 10.6 Å². The standard InChI is InChI=1S/C12H21N3S/c1-4-10(8-13)7-11-9-14-12(16-11)15(5-2)6-3/h7,9H,4-6,8,13H2,1-3H3. The van der Waals surface area contributed by atoms with Crippen molar-refractivity contribution in [2.75, 3.05) is 24.5 Å². The summed E-state index contributed by atoms with van der Waals surface area (Å²) in [7, 11) is 0. The van der Waals surface area contributed by atoms with Crippen LogP contribution in [0.3, 0.4) is 0 Å². The molecule has 1 heterocycles. The van der Waals surface area contributed by atoms with E-state index in [1.807, 2.05) is 6.20 Å². The molecule has 3 nitrogen and oxygen atoms in total. The van der Waals surface area contributed by atoms with Gasteiger partial charge in [0.15, 0.2) is 5.13 Å². The summed E-state index contributed by atoms with van der Waals surface area (Å²) in [6.07, 6.45) is 5.10. The first-order chi connectivity index (χ1) is 7.74. The Morgan fingerprint density at radius 1 is 1.44 bits per heavy atom. The molecular formula is C12H21N3S. The second-order valence-corrected chi connectivity index (χ2v) is 4.62. The number of hydrogen-bond donors (Lipinski definition) is 1. The summed E-state index contributed by atoms with van der Waals surface area (Å²) in [4.78, 5) is 7.90. The molecular weight excluding hydrogens is 218 g/mol. The molecule has 0 aromatic carbocycles. The Kier molecular flexibility index (Phi) is 5.49. The van der Waals surface area contributed by atoms with Crippen LogP contribution >= 0.6 is 11.3 Å². The van der Waals surface area contributed by atoms with Crippen molar-refractivity contribution in [2.45, 2.75) is 27.2 Å². The van der Waals surface area contributed by atoms with Gasteiger partial charge in [-0.05, 0) is 26.3 Å². The highest BCUT2D eigenvalue weighted by atomic mass is 32.1. The second kappa shape index (κ2) is 6.66. The highest BCUT2D eigenvalue weighted by molar-refractivity contribution is 7.16. The van der Waals surface area contributed by atoms with E-state index in [1.54, 1.807) is 11.3 Å². The molecule has 0 aliphatic heterocycles. The van der Waals surface area contributed by atoms with Gasteiger partial charge in [0.25, 0.3) is 0 Å². The number of nitrogens with two attached hydrogens (primary N) is 1. The zero-order chi connectivity index (χ0) is 12.0. The van der Waals surface area contributed by atoms with E-state index in [-0.39, 0.29) is 0 Å². The molecule has 0 fully saturated rings. The molecule has 90 valence electrons. The Balaban J connectivity index is 2.82. The Bertz CT molecular complexity index is 334. The lowest BCUT2D eigenvalue weighted by Gasteiger charge is -2.16. The van der Waals surface area contributed by atoms with Gasteiger partial charge in [-0.1, -0.05) is 23.8 Å². The summed E-state index contributed by atoms with van der Waals surface area (Å²) in [5.74, 6) is 0. The zero-order valence-electron chi connectivity index (χ0n) is 10.4. The maximum Gasteiger partial charge on any atom is 0.185 e. The number of thiazole rings is 1. The van der Waals surface area contributed by atoms with Crippen LogP contribution in [-0.4, -0.2) is 24.6 Å². The Morgan fingerprint density at radius 2 is 2.12 bits per heavy atom. The van der Waals surface area contributed by atoms with Crippen LogP contribution in [0.25, 0.3) is 6.08 Å². The highest BCUT2D eigenvalue weighted by Gasteiger charge is 2.06. The fraction of sp³-hybridized carbons (Fsp3) is 0.583. The molecule has 0 saturated heterocycles. The van der Waals surface area contributed by atoms with Crippen molar-refractivity contribution in [3.63, 3.8) is 0 Å². The van der Waals surface area contributed by atoms with Gasteiger partial charge in [-0.3, -0.25) is 0 Å². The minimum Gasteiger partial charge on any atom is -0.349 e. The molecule has 0 saturated carbocycles. The quantitative estimate of drug-likeness (QED) is 0.830.